The van der Waals surface area contributed by atoms with Crippen LogP contribution in [0.3, 0.4) is 0 Å². The highest BCUT2D eigenvalue weighted by Crippen LogP contribution is 2.24. The van der Waals surface area contributed by atoms with E-state index >= 15 is 0 Å². The molecular weight excluding hydrogens is 500 g/mol. The van der Waals surface area contributed by atoms with Gasteiger partial charge in [0.1, 0.15) is 12.3 Å². The number of nitro benzene ring substituents is 2. The Labute approximate surface area is 216 Å². The Bertz CT molecular complexity index is 1350. The highest BCUT2D eigenvalue weighted by Gasteiger charge is 2.16. The van der Waals surface area contributed by atoms with Gasteiger partial charge in [-0.1, -0.05) is 37.7 Å². The van der Waals surface area contributed by atoms with E-state index in [0.717, 1.165) is 17.0 Å². The summed E-state index contributed by atoms with van der Waals surface area (Å²) in [5.74, 6) is 0.525. The van der Waals surface area contributed by atoms with Crippen molar-refractivity contribution in [1.82, 2.24) is 15.4 Å². The number of aromatic nitrogens is 2. The molecule has 0 saturated heterocycles. The van der Waals surface area contributed by atoms with Gasteiger partial charge in [0.15, 0.2) is 5.16 Å². The molecule has 1 aromatic heterocycles. The quantitative estimate of drug-likeness (QED) is 0.125. The monoisotopic (exact) mass is 524 g/mol. The second-order valence-electron chi connectivity index (χ2n) is 7.56. The van der Waals surface area contributed by atoms with Gasteiger partial charge in [-0.05, 0) is 31.2 Å². The smallest absolute Gasteiger partial charge is 0.271 e. The van der Waals surface area contributed by atoms with Crippen molar-refractivity contribution < 1.29 is 19.4 Å². The van der Waals surface area contributed by atoms with Crippen molar-refractivity contribution >= 4 is 34.8 Å². The van der Waals surface area contributed by atoms with Crippen LogP contribution in [0.15, 0.2) is 58.8 Å². The van der Waals surface area contributed by atoms with Crippen LogP contribution in [-0.4, -0.2) is 43.8 Å². The second kappa shape index (κ2) is 12.5. The van der Waals surface area contributed by atoms with E-state index in [1.807, 2.05) is 20.8 Å². The summed E-state index contributed by atoms with van der Waals surface area (Å²) in [5, 5.41) is 26.9. The minimum absolute atomic E-state index is 0.148. The van der Waals surface area contributed by atoms with E-state index < -0.39 is 15.8 Å². The van der Waals surface area contributed by atoms with Gasteiger partial charge in [0, 0.05) is 46.6 Å². The average molecular weight is 525 g/mol. The number of hydrogen-bond acceptors (Lipinski definition) is 10. The minimum Gasteiger partial charge on any atom is -0.471 e. The summed E-state index contributed by atoms with van der Waals surface area (Å²) in [6.07, 6.45) is 0.623. The van der Waals surface area contributed by atoms with Gasteiger partial charge in [-0.2, -0.15) is 10.1 Å². The maximum Gasteiger partial charge on any atom is 0.271 e. The molecule has 0 aliphatic rings. The fourth-order valence-corrected chi connectivity index (χ4v) is 3.91. The summed E-state index contributed by atoms with van der Waals surface area (Å²) in [6.45, 7) is 5.65. The Kier molecular flexibility index (Phi) is 9.21. The van der Waals surface area contributed by atoms with Crippen LogP contribution in [0.4, 0.5) is 11.4 Å². The van der Waals surface area contributed by atoms with Crippen LogP contribution in [0, 0.1) is 27.2 Å². The van der Waals surface area contributed by atoms with Gasteiger partial charge in [-0.25, -0.2) is 10.4 Å². The largest absolute Gasteiger partial charge is 0.471 e. The number of nitro groups is 2. The standard InChI is InChI=1S/C24H24N6O6S/c1-4-20-15(3)25-24(37-5-2)26-23(20)36-14-21(17-7-6-8-19(13-17)30(34)35)27-28-22(31)16-9-11-18(12-10-16)29(32)33/h6-13H,4-5,14H2,1-3H3,(H,28,31)/b27-21+. The van der Waals surface area contributed by atoms with Gasteiger partial charge in [0.25, 0.3) is 17.3 Å². The van der Waals surface area contributed by atoms with Crippen molar-refractivity contribution in [1.29, 1.82) is 0 Å². The number of nitrogens with one attached hydrogen (secondary N) is 1. The maximum atomic E-state index is 12.6. The number of carbonyl (C=O) groups excluding carboxylic acids is 1. The lowest BCUT2D eigenvalue weighted by atomic mass is 10.1. The summed E-state index contributed by atoms with van der Waals surface area (Å²) in [7, 11) is 0. The van der Waals surface area contributed by atoms with Crippen LogP contribution in [0.25, 0.3) is 0 Å². The number of benzene rings is 2. The summed E-state index contributed by atoms with van der Waals surface area (Å²) in [6, 6.07) is 10.8. The number of hydrogen-bond donors (Lipinski definition) is 1. The summed E-state index contributed by atoms with van der Waals surface area (Å²) >= 11 is 1.47. The summed E-state index contributed by atoms with van der Waals surface area (Å²) in [4.78, 5) is 42.6. The van der Waals surface area contributed by atoms with Crippen LogP contribution in [0.1, 0.15) is 41.0 Å². The van der Waals surface area contributed by atoms with Gasteiger partial charge >= 0.3 is 0 Å². The van der Waals surface area contributed by atoms with Crippen molar-refractivity contribution in [2.24, 2.45) is 5.10 Å². The van der Waals surface area contributed by atoms with Gasteiger partial charge in [-0.15, -0.1) is 0 Å². The van der Waals surface area contributed by atoms with Gasteiger partial charge in [0.2, 0.25) is 5.88 Å². The molecule has 0 radical (unpaired) electrons. The van der Waals surface area contributed by atoms with E-state index in [1.54, 1.807) is 6.07 Å². The number of non-ortho nitro benzene ring substituents is 2. The molecule has 0 spiro atoms. The van der Waals surface area contributed by atoms with Crippen LogP contribution < -0.4 is 10.2 Å². The SMILES string of the molecule is CCSc1nc(C)c(CC)c(OC/C(=N\NC(=O)c2ccc([N+](=O)[O-])cc2)c2cccc([N+](=O)[O-])c2)n1. The zero-order valence-corrected chi connectivity index (χ0v) is 21.2. The number of nitrogens with zero attached hydrogens (tertiary/aromatic N) is 5. The van der Waals surface area contributed by atoms with Gasteiger partial charge in [-0.3, -0.25) is 25.0 Å². The first-order valence-corrected chi connectivity index (χ1v) is 12.2. The zero-order valence-electron chi connectivity index (χ0n) is 20.3. The van der Waals surface area contributed by atoms with Crippen LogP contribution in [0.5, 0.6) is 5.88 Å². The van der Waals surface area contributed by atoms with Crippen molar-refractivity contribution in [3.63, 3.8) is 0 Å². The number of aryl methyl sites for hydroxylation is 1. The number of carbonyl (C=O) groups is 1. The molecule has 0 atom stereocenters. The topological polar surface area (TPSA) is 163 Å². The molecule has 13 heteroatoms. The molecule has 0 bridgehead atoms. The average Bonchev–Trinajstić information content (AvgIpc) is 2.88. The highest BCUT2D eigenvalue weighted by atomic mass is 32.2. The third kappa shape index (κ3) is 7.07. The molecular formula is C24H24N6O6S. The second-order valence-corrected chi connectivity index (χ2v) is 8.79. The fraction of sp³-hybridized carbons (Fsp3) is 0.250. The Morgan fingerprint density at radius 3 is 2.35 bits per heavy atom. The van der Waals surface area contributed by atoms with Crippen molar-refractivity contribution in [3.05, 3.63) is 91.1 Å². The molecule has 1 heterocycles. The van der Waals surface area contributed by atoms with E-state index in [2.05, 4.69) is 20.5 Å². The van der Waals surface area contributed by atoms with Gasteiger partial charge in [0.05, 0.1) is 9.85 Å². The first-order valence-electron chi connectivity index (χ1n) is 11.2. The van der Waals surface area contributed by atoms with Crippen LogP contribution >= 0.6 is 11.8 Å². The number of thioether (sulfide) groups is 1. The van der Waals surface area contributed by atoms with Crippen molar-refractivity contribution in [3.8, 4) is 5.88 Å². The summed E-state index contributed by atoms with van der Waals surface area (Å²) in [5.41, 5.74) is 4.41. The van der Waals surface area contributed by atoms with E-state index in [9.17, 15) is 25.0 Å². The van der Waals surface area contributed by atoms with Crippen molar-refractivity contribution in [2.45, 2.75) is 32.3 Å². The minimum atomic E-state index is -0.619. The van der Waals surface area contributed by atoms with Crippen molar-refractivity contribution in [2.75, 3.05) is 12.4 Å². The van der Waals surface area contributed by atoms with E-state index in [4.69, 9.17) is 4.74 Å². The number of amides is 1. The first-order chi connectivity index (χ1) is 17.7. The number of ether oxygens (including phenoxy) is 1. The lowest BCUT2D eigenvalue weighted by molar-refractivity contribution is -0.385. The lowest BCUT2D eigenvalue weighted by Gasteiger charge is -2.14. The molecule has 37 heavy (non-hydrogen) atoms. The number of rotatable bonds is 11. The first kappa shape index (κ1) is 27.2. The molecule has 3 aromatic rings. The Morgan fingerprint density at radius 1 is 1.03 bits per heavy atom. The van der Waals surface area contributed by atoms with Crippen LogP contribution in [-0.2, 0) is 6.42 Å². The predicted molar refractivity (Wildman–Crippen MR) is 138 cm³/mol. The molecule has 0 aliphatic heterocycles. The third-order valence-electron chi connectivity index (χ3n) is 5.15. The molecule has 192 valence electrons. The molecule has 0 fully saturated rings. The number of hydrazone groups is 1. The Hall–Kier alpha value is -4.39. The molecule has 0 aliphatic carbocycles. The molecule has 0 unspecified atom stereocenters. The van der Waals surface area contributed by atoms with Gasteiger partial charge < -0.3 is 4.74 Å². The molecule has 2 aromatic carbocycles. The van der Waals surface area contributed by atoms with E-state index in [-0.39, 0.29) is 29.3 Å². The predicted octanol–water partition coefficient (Wildman–Crippen LogP) is 4.49. The summed E-state index contributed by atoms with van der Waals surface area (Å²) < 4.78 is 6.00. The molecule has 1 amide bonds. The molecule has 0 saturated carbocycles. The maximum absolute atomic E-state index is 12.6. The van der Waals surface area contributed by atoms with Crippen LogP contribution in [0.2, 0.25) is 0 Å². The lowest BCUT2D eigenvalue weighted by Crippen LogP contribution is -2.23. The zero-order chi connectivity index (χ0) is 26.9. The highest BCUT2D eigenvalue weighted by molar-refractivity contribution is 7.99. The fourth-order valence-electron chi connectivity index (χ4n) is 3.30. The van der Waals surface area contributed by atoms with E-state index in [1.165, 1.54) is 54.2 Å². The molecule has 12 nitrogen and oxygen atoms in total. The molecule has 3 rings (SSSR count). The molecule has 1 N–H and O–H groups in total. The Morgan fingerprint density at radius 2 is 1.73 bits per heavy atom. The normalized spacial score (nSPS) is 11.2. The third-order valence-corrected chi connectivity index (χ3v) is 5.88. The van der Waals surface area contributed by atoms with E-state index in [0.29, 0.717) is 23.0 Å². The Balaban J connectivity index is 1.92.